The molecule has 2 aromatic carbocycles. The number of aryl methyl sites for hydroxylation is 1. The highest BCUT2D eigenvalue weighted by Crippen LogP contribution is 2.14. The fraction of sp³-hybridized carbons (Fsp3) is 0.333. The largest absolute Gasteiger partial charge is 0.310 e. The molecule has 0 heterocycles. The van der Waals surface area contributed by atoms with E-state index >= 15 is 0 Å². The van der Waals surface area contributed by atoms with Gasteiger partial charge in [-0.15, -0.1) is 0 Å². The highest BCUT2D eigenvalue weighted by atomic mass is 35.5. The van der Waals surface area contributed by atoms with Crippen molar-refractivity contribution < 1.29 is 0 Å². The quantitative estimate of drug-likeness (QED) is 0.842. The maximum atomic E-state index is 6.02. The zero-order chi connectivity index (χ0) is 14.5. The maximum Gasteiger partial charge on any atom is 0.0408 e. The lowest BCUT2D eigenvalue weighted by Gasteiger charge is -2.16. The minimum atomic E-state index is 0.424. The van der Waals surface area contributed by atoms with Gasteiger partial charge in [-0.25, -0.2) is 0 Å². The Bertz CT molecular complexity index is 577. The summed E-state index contributed by atoms with van der Waals surface area (Å²) in [4.78, 5) is 0. The van der Waals surface area contributed by atoms with Crippen LogP contribution in [0.3, 0.4) is 0 Å². The Morgan fingerprint density at radius 2 is 1.85 bits per heavy atom. The summed E-state index contributed by atoms with van der Waals surface area (Å²) in [6.07, 6.45) is 0.991. The van der Waals surface area contributed by atoms with Gasteiger partial charge in [0.15, 0.2) is 0 Å². The summed E-state index contributed by atoms with van der Waals surface area (Å²) >= 11 is 6.02. The summed E-state index contributed by atoms with van der Waals surface area (Å²) in [6.45, 7) is 7.48. The standard InChI is InChI=1S/C18H22ClN/c1-13-6-4-8-17(15(13)3)12-20-14(2)10-16-7-5-9-18(19)11-16/h4-9,11,14,20H,10,12H2,1-3H3. The Labute approximate surface area is 127 Å². The molecule has 2 heteroatoms. The van der Waals surface area contributed by atoms with Crippen molar-refractivity contribution in [2.75, 3.05) is 0 Å². The Morgan fingerprint density at radius 3 is 2.60 bits per heavy atom. The number of halogens is 1. The summed E-state index contributed by atoms with van der Waals surface area (Å²) in [5.41, 5.74) is 5.39. The molecule has 0 bridgehead atoms. The van der Waals surface area contributed by atoms with E-state index in [1.165, 1.54) is 22.3 Å². The highest BCUT2D eigenvalue weighted by Gasteiger charge is 2.06. The molecule has 0 aromatic heterocycles. The second kappa shape index (κ2) is 6.92. The first-order valence-corrected chi connectivity index (χ1v) is 7.47. The third-order valence-corrected chi connectivity index (χ3v) is 4.02. The van der Waals surface area contributed by atoms with Crippen LogP contribution in [0.1, 0.15) is 29.2 Å². The number of nitrogens with one attached hydrogen (secondary N) is 1. The SMILES string of the molecule is Cc1cccc(CNC(C)Cc2cccc(Cl)c2)c1C. The molecule has 0 aliphatic rings. The molecule has 1 unspecified atom stereocenters. The van der Waals surface area contributed by atoms with Gasteiger partial charge in [-0.05, 0) is 61.6 Å². The molecule has 1 N–H and O–H groups in total. The Hall–Kier alpha value is -1.31. The number of benzene rings is 2. The van der Waals surface area contributed by atoms with E-state index in [1.807, 2.05) is 18.2 Å². The lowest BCUT2D eigenvalue weighted by atomic mass is 10.0. The summed E-state index contributed by atoms with van der Waals surface area (Å²) in [5.74, 6) is 0. The molecule has 2 rings (SSSR count). The van der Waals surface area contributed by atoms with Crippen molar-refractivity contribution in [3.8, 4) is 0 Å². The van der Waals surface area contributed by atoms with Crippen molar-refractivity contribution in [2.24, 2.45) is 0 Å². The Kier molecular flexibility index (Phi) is 5.22. The van der Waals surface area contributed by atoms with Gasteiger partial charge in [0.1, 0.15) is 0 Å². The monoisotopic (exact) mass is 287 g/mol. The summed E-state index contributed by atoms with van der Waals surface area (Å²) in [5, 5.41) is 4.40. The fourth-order valence-corrected chi connectivity index (χ4v) is 2.59. The van der Waals surface area contributed by atoms with Gasteiger partial charge in [0, 0.05) is 17.6 Å². The van der Waals surface area contributed by atoms with Crippen LogP contribution in [0, 0.1) is 13.8 Å². The predicted molar refractivity (Wildman–Crippen MR) is 87.4 cm³/mol. The van der Waals surface area contributed by atoms with Crippen LogP contribution >= 0.6 is 11.6 Å². The van der Waals surface area contributed by atoms with E-state index in [2.05, 4.69) is 50.4 Å². The number of hydrogen-bond donors (Lipinski definition) is 1. The average molecular weight is 288 g/mol. The molecule has 1 atom stereocenters. The minimum Gasteiger partial charge on any atom is -0.310 e. The van der Waals surface area contributed by atoms with Gasteiger partial charge in [0.05, 0.1) is 0 Å². The lowest BCUT2D eigenvalue weighted by molar-refractivity contribution is 0.544. The van der Waals surface area contributed by atoms with Gasteiger partial charge in [-0.1, -0.05) is 41.9 Å². The Morgan fingerprint density at radius 1 is 1.10 bits per heavy atom. The highest BCUT2D eigenvalue weighted by molar-refractivity contribution is 6.30. The van der Waals surface area contributed by atoms with E-state index in [4.69, 9.17) is 11.6 Å². The van der Waals surface area contributed by atoms with Crippen LogP contribution in [0.2, 0.25) is 5.02 Å². The molecule has 106 valence electrons. The van der Waals surface area contributed by atoms with Crippen molar-refractivity contribution in [2.45, 2.75) is 39.8 Å². The van der Waals surface area contributed by atoms with E-state index in [1.54, 1.807) is 0 Å². The van der Waals surface area contributed by atoms with Crippen LogP contribution in [0.5, 0.6) is 0 Å². The van der Waals surface area contributed by atoms with Gasteiger partial charge in [0.25, 0.3) is 0 Å². The van der Waals surface area contributed by atoms with Crippen molar-refractivity contribution in [3.63, 3.8) is 0 Å². The maximum absolute atomic E-state index is 6.02. The second-order valence-electron chi connectivity index (χ2n) is 5.48. The molecule has 2 aromatic rings. The van der Waals surface area contributed by atoms with Gasteiger partial charge >= 0.3 is 0 Å². The van der Waals surface area contributed by atoms with Gasteiger partial charge < -0.3 is 5.32 Å². The molecule has 20 heavy (non-hydrogen) atoms. The van der Waals surface area contributed by atoms with E-state index in [9.17, 15) is 0 Å². The first kappa shape index (κ1) is 15.1. The van der Waals surface area contributed by atoms with Crippen LogP contribution in [0.25, 0.3) is 0 Å². The first-order chi connectivity index (χ1) is 9.56. The molecule has 1 nitrogen and oxygen atoms in total. The fourth-order valence-electron chi connectivity index (χ4n) is 2.38. The molecule has 0 saturated heterocycles. The second-order valence-corrected chi connectivity index (χ2v) is 5.91. The van der Waals surface area contributed by atoms with E-state index in [-0.39, 0.29) is 0 Å². The van der Waals surface area contributed by atoms with Crippen molar-refractivity contribution >= 4 is 11.6 Å². The Balaban J connectivity index is 1.92. The zero-order valence-corrected chi connectivity index (χ0v) is 13.2. The average Bonchev–Trinajstić information content (AvgIpc) is 2.40. The van der Waals surface area contributed by atoms with Crippen LogP contribution in [0.4, 0.5) is 0 Å². The molecule has 0 saturated carbocycles. The van der Waals surface area contributed by atoms with Gasteiger partial charge in [-0.3, -0.25) is 0 Å². The van der Waals surface area contributed by atoms with Crippen LogP contribution in [-0.2, 0) is 13.0 Å². The minimum absolute atomic E-state index is 0.424. The molecule has 0 aliphatic carbocycles. The van der Waals surface area contributed by atoms with Gasteiger partial charge in [-0.2, -0.15) is 0 Å². The molecule has 0 amide bonds. The number of rotatable bonds is 5. The predicted octanol–water partition coefficient (Wildman–Crippen LogP) is 4.68. The lowest BCUT2D eigenvalue weighted by Crippen LogP contribution is -2.27. The van der Waals surface area contributed by atoms with Crippen molar-refractivity contribution in [1.82, 2.24) is 5.32 Å². The number of hydrogen-bond acceptors (Lipinski definition) is 1. The van der Waals surface area contributed by atoms with Crippen LogP contribution in [0.15, 0.2) is 42.5 Å². The molecule has 0 aliphatic heterocycles. The van der Waals surface area contributed by atoms with Crippen LogP contribution in [-0.4, -0.2) is 6.04 Å². The molecule has 0 radical (unpaired) electrons. The smallest absolute Gasteiger partial charge is 0.0408 e. The third kappa shape index (κ3) is 4.09. The molecular formula is C18H22ClN. The summed E-state index contributed by atoms with van der Waals surface area (Å²) < 4.78 is 0. The van der Waals surface area contributed by atoms with E-state index in [0.29, 0.717) is 6.04 Å². The van der Waals surface area contributed by atoms with E-state index < -0.39 is 0 Å². The topological polar surface area (TPSA) is 12.0 Å². The summed E-state index contributed by atoms with van der Waals surface area (Å²) in [7, 11) is 0. The first-order valence-electron chi connectivity index (χ1n) is 7.09. The van der Waals surface area contributed by atoms with Crippen molar-refractivity contribution in [1.29, 1.82) is 0 Å². The molecule has 0 spiro atoms. The molecule has 0 fully saturated rings. The summed E-state index contributed by atoms with van der Waals surface area (Å²) in [6, 6.07) is 15.0. The normalized spacial score (nSPS) is 12.4. The zero-order valence-electron chi connectivity index (χ0n) is 12.4. The third-order valence-electron chi connectivity index (χ3n) is 3.79. The van der Waals surface area contributed by atoms with E-state index in [0.717, 1.165) is 18.0 Å². The van der Waals surface area contributed by atoms with Gasteiger partial charge in [0.2, 0.25) is 0 Å². The molecular weight excluding hydrogens is 266 g/mol. The van der Waals surface area contributed by atoms with Crippen molar-refractivity contribution in [3.05, 3.63) is 69.7 Å². The van der Waals surface area contributed by atoms with Crippen LogP contribution < -0.4 is 5.32 Å².